The SMILES string of the molecule is Cc1cc2c(s1)c(-c1cc(-c3ccc(CC(C)(C)C)s3)ccn1)cc1c3ccccc3oc21. The van der Waals surface area contributed by atoms with E-state index in [1.54, 1.807) is 0 Å². The number of nitrogens with zero attached hydrogens (tertiary/aromatic N) is 1. The Morgan fingerprint density at radius 1 is 0.879 bits per heavy atom. The first-order valence-corrected chi connectivity index (χ1v) is 12.9. The van der Waals surface area contributed by atoms with Crippen LogP contribution in [0.2, 0.25) is 0 Å². The van der Waals surface area contributed by atoms with Crippen LogP contribution in [0.3, 0.4) is 0 Å². The van der Waals surface area contributed by atoms with Crippen molar-refractivity contribution in [1.82, 2.24) is 4.98 Å². The maximum absolute atomic E-state index is 6.29. The third kappa shape index (κ3) is 3.68. The Balaban J connectivity index is 1.53. The average molecular weight is 468 g/mol. The van der Waals surface area contributed by atoms with Crippen LogP contribution in [0.5, 0.6) is 0 Å². The fraction of sp³-hybridized carbons (Fsp3) is 0.207. The van der Waals surface area contributed by atoms with E-state index < -0.39 is 0 Å². The van der Waals surface area contributed by atoms with Crippen LogP contribution in [0.25, 0.3) is 53.7 Å². The fourth-order valence-corrected chi connectivity index (χ4v) is 6.91. The number of furan rings is 1. The molecule has 0 radical (unpaired) electrons. The van der Waals surface area contributed by atoms with E-state index in [1.165, 1.54) is 35.8 Å². The van der Waals surface area contributed by atoms with E-state index in [2.05, 4.69) is 76.2 Å². The van der Waals surface area contributed by atoms with Gasteiger partial charge in [-0.1, -0.05) is 39.0 Å². The van der Waals surface area contributed by atoms with Gasteiger partial charge in [0.15, 0.2) is 0 Å². The van der Waals surface area contributed by atoms with Crippen molar-refractivity contribution in [2.24, 2.45) is 5.41 Å². The van der Waals surface area contributed by atoms with Crippen molar-refractivity contribution < 1.29 is 4.42 Å². The molecule has 0 spiro atoms. The van der Waals surface area contributed by atoms with Crippen molar-refractivity contribution in [3.8, 4) is 21.7 Å². The molecule has 6 aromatic rings. The van der Waals surface area contributed by atoms with Gasteiger partial charge >= 0.3 is 0 Å². The summed E-state index contributed by atoms with van der Waals surface area (Å²) in [5.74, 6) is 0. The lowest BCUT2D eigenvalue weighted by Crippen LogP contribution is -2.07. The molecule has 33 heavy (non-hydrogen) atoms. The van der Waals surface area contributed by atoms with Gasteiger partial charge in [0.1, 0.15) is 11.2 Å². The highest BCUT2D eigenvalue weighted by molar-refractivity contribution is 7.19. The van der Waals surface area contributed by atoms with Crippen LogP contribution in [0.1, 0.15) is 30.5 Å². The molecule has 0 aliphatic rings. The lowest BCUT2D eigenvalue weighted by atomic mass is 9.92. The number of benzene rings is 2. The highest BCUT2D eigenvalue weighted by Crippen LogP contribution is 2.43. The molecule has 0 aliphatic heterocycles. The van der Waals surface area contributed by atoms with Crippen LogP contribution in [-0.4, -0.2) is 4.98 Å². The van der Waals surface area contributed by atoms with Gasteiger partial charge in [0.2, 0.25) is 0 Å². The second-order valence-electron chi connectivity index (χ2n) is 9.93. The zero-order valence-electron chi connectivity index (χ0n) is 19.2. The Morgan fingerprint density at radius 3 is 2.58 bits per heavy atom. The summed E-state index contributed by atoms with van der Waals surface area (Å²) in [6.45, 7) is 9.04. The van der Waals surface area contributed by atoms with Crippen molar-refractivity contribution in [3.63, 3.8) is 0 Å². The van der Waals surface area contributed by atoms with Gasteiger partial charge in [-0.2, -0.15) is 0 Å². The summed E-state index contributed by atoms with van der Waals surface area (Å²) in [5, 5.41) is 3.49. The Hall–Kier alpha value is -2.95. The molecule has 0 amide bonds. The number of rotatable bonds is 3. The molecule has 0 aliphatic carbocycles. The monoisotopic (exact) mass is 467 g/mol. The first-order valence-electron chi connectivity index (χ1n) is 11.3. The topological polar surface area (TPSA) is 26.0 Å². The van der Waals surface area contributed by atoms with E-state index in [-0.39, 0.29) is 5.41 Å². The Labute approximate surface area is 201 Å². The number of aromatic nitrogens is 1. The summed E-state index contributed by atoms with van der Waals surface area (Å²) in [6.07, 6.45) is 3.03. The second kappa shape index (κ2) is 7.54. The summed E-state index contributed by atoms with van der Waals surface area (Å²) in [4.78, 5) is 8.82. The minimum absolute atomic E-state index is 0.289. The van der Waals surface area contributed by atoms with Crippen molar-refractivity contribution in [2.45, 2.75) is 34.1 Å². The molecule has 2 nitrogen and oxygen atoms in total. The van der Waals surface area contributed by atoms with Crippen LogP contribution in [0.15, 0.2) is 71.3 Å². The quantitative estimate of drug-likeness (QED) is 0.259. The molecule has 164 valence electrons. The van der Waals surface area contributed by atoms with Gasteiger partial charge in [0.05, 0.1) is 5.69 Å². The van der Waals surface area contributed by atoms with E-state index in [0.29, 0.717) is 0 Å². The zero-order valence-corrected chi connectivity index (χ0v) is 20.9. The summed E-state index contributed by atoms with van der Waals surface area (Å²) < 4.78 is 7.53. The molecule has 0 N–H and O–H groups in total. The second-order valence-corrected chi connectivity index (χ2v) is 12.4. The van der Waals surface area contributed by atoms with Crippen molar-refractivity contribution in [2.75, 3.05) is 0 Å². The third-order valence-electron chi connectivity index (χ3n) is 5.95. The van der Waals surface area contributed by atoms with Gasteiger partial charge in [-0.05, 0) is 66.8 Å². The number of hydrogen-bond donors (Lipinski definition) is 0. The number of thiophene rings is 2. The van der Waals surface area contributed by atoms with E-state index in [1.807, 2.05) is 41.0 Å². The van der Waals surface area contributed by atoms with Gasteiger partial charge < -0.3 is 4.42 Å². The summed E-state index contributed by atoms with van der Waals surface area (Å²) in [7, 11) is 0. The predicted octanol–water partition coefficient (Wildman–Crippen LogP) is 9.49. The number of para-hydroxylation sites is 1. The van der Waals surface area contributed by atoms with Crippen molar-refractivity contribution >= 4 is 54.7 Å². The molecule has 6 rings (SSSR count). The molecule has 0 fully saturated rings. The lowest BCUT2D eigenvalue weighted by molar-refractivity contribution is 0.414. The minimum Gasteiger partial charge on any atom is -0.455 e. The summed E-state index contributed by atoms with van der Waals surface area (Å²) >= 11 is 3.70. The van der Waals surface area contributed by atoms with E-state index in [9.17, 15) is 0 Å². The highest BCUT2D eigenvalue weighted by Gasteiger charge is 2.18. The zero-order chi connectivity index (χ0) is 22.7. The lowest BCUT2D eigenvalue weighted by Gasteiger charge is -2.16. The largest absolute Gasteiger partial charge is 0.455 e. The fourth-order valence-electron chi connectivity index (χ4n) is 4.57. The van der Waals surface area contributed by atoms with Crippen molar-refractivity contribution in [1.29, 1.82) is 0 Å². The molecule has 0 atom stereocenters. The summed E-state index contributed by atoms with van der Waals surface area (Å²) in [6, 6.07) is 21.7. The molecular weight excluding hydrogens is 442 g/mol. The Bertz CT molecular complexity index is 1640. The Morgan fingerprint density at radius 2 is 1.73 bits per heavy atom. The molecule has 4 heteroatoms. The molecule has 0 saturated heterocycles. The maximum Gasteiger partial charge on any atom is 0.144 e. The predicted molar refractivity (Wildman–Crippen MR) is 144 cm³/mol. The number of pyridine rings is 1. The molecule has 4 aromatic heterocycles. The van der Waals surface area contributed by atoms with E-state index >= 15 is 0 Å². The average Bonchev–Trinajstić information content (AvgIpc) is 3.48. The molecule has 0 saturated carbocycles. The molecular formula is C29H25NOS2. The first kappa shape index (κ1) is 20.6. The number of fused-ring (bicyclic) bond motifs is 5. The number of hydrogen-bond acceptors (Lipinski definition) is 4. The van der Waals surface area contributed by atoms with Gasteiger partial charge in [0.25, 0.3) is 0 Å². The smallest absolute Gasteiger partial charge is 0.144 e. The van der Waals surface area contributed by atoms with Gasteiger partial charge in [0, 0.05) is 47.3 Å². The van der Waals surface area contributed by atoms with Crippen LogP contribution >= 0.6 is 22.7 Å². The summed E-state index contributed by atoms with van der Waals surface area (Å²) in [5.41, 5.74) is 5.61. The van der Waals surface area contributed by atoms with E-state index in [4.69, 9.17) is 9.40 Å². The standard InChI is InChI=1S/C29H25NOS2/c1-17-13-23-27-21(20-7-5-6-8-25(20)31-27)15-22(28(23)32-17)24-14-18(11-12-30-24)26-10-9-19(33-26)16-29(2,3)4/h5-15H,16H2,1-4H3. The van der Waals surface area contributed by atoms with Crippen LogP contribution in [0.4, 0.5) is 0 Å². The molecule has 4 heterocycles. The van der Waals surface area contributed by atoms with Crippen molar-refractivity contribution in [3.05, 3.63) is 76.6 Å². The normalized spacial score (nSPS) is 12.4. The molecule has 2 aromatic carbocycles. The van der Waals surface area contributed by atoms with E-state index in [0.717, 1.165) is 34.1 Å². The molecule has 0 bridgehead atoms. The number of aryl methyl sites for hydroxylation is 1. The Kier molecular flexibility index (Phi) is 4.72. The first-order chi connectivity index (χ1) is 15.9. The maximum atomic E-state index is 6.29. The van der Waals surface area contributed by atoms with Crippen LogP contribution in [-0.2, 0) is 6.42 Å². The van der Waals surface area contributed by atoms with Gasteiger partial charge in [-0.25, -0.2) is 0 Å². The molecule has 0 unspecified atom stereocenters. The third-order valence-corrected chi connectivity index (χ3v) is 8.17. The van der Waals surface area contributed by atoms with Gasteiger partial charge in [-0.15, -0.1) is 22.7 Å². The van der Waals surface area contributed by atoms with Crippen LogP contribution in [0, 0.1) is 12.3 Å². The van der Waals surface area contributed by atoms with Crippen LogP contribution < -0.4 is 0 Å². The van der Waals surface area contributed by atoms with Gasteiger partial charge in [-0.3, -0.25) is 4.98 Å². The highest BCUT2D eigenvalue weighted by atomic mass is 32.1. The minimum atomic E-state index is 0.289.